The first-order chi connectivity index (χ1) is 14.8. The Labute approximate surface area is 194 Å². The highest BCUT2D eigenvalue weighted by molar-refractivity contribution is 6.31. The number of hydrogen-bond donors (Lipinski definition) is 1. The molecule has 3 aromatic rings. The second-order valence-corrected chi connectivity index (χ2v) is 8.55. The lowest BCUT2D eigenvalue weighted by molar-refractivity contribution is 0.171. The number of fused-ring (bicyclic) bond motifs is 2. The molecule has 2 aromatic carbocycles. The normalized spacial score (nSPS) is 16.4. The quantitative estimate of drug-likeness (QED) is 0.514. The van der Waals surface area contributed by atoms with Crippen molar-refractivity contribution in [3.05, 3.63) is 53.2 Å². The summed E-state index contributed by atoms with van der Waals surface area (Å²) in [6.45, 7) is 6.77. The maximum atomic E-state index is 6.16. The summed E-state index contributed by atoms with van der Waals surface area (Å²) in [6.07, 6.45) is 5.64. The van der Waals surface area contributed by atoms with Gasteiger partial charge in [0, 0.05) is 60.1 Å². The van der Waals surface area contributed by atoms with Gasteiger partial charge < -0.3 is 19.4 Å². The third-order valence-electron chi connectivity index (χ3n) is 6.16. The summed E-state index contributed by atoms with van der Waals surface area (Å²) in [4.78, 5) is 8.39. The summed E-state index contributed by atoms with van der Waals surface area (Å²) >= 11 is 6.16. The molecule has 1 aromatic heterocycles. The van der Waals surface area contributed by atoms with E-state index in [0.29, 0.717) is 13.2 Å². The van der Waals surface area contributed by atoms with Crippen molar-refractivity contribution in [2.75, 3.05) is 50.8 Å². The SMILES string of the molecule is Cl.Clc1ccc2[nH]cc(CCCCN3CCN(c4ccc5c(c4)OCCO5)CC3)c2c1. The van der Waals surface area contributed by atoms with Crippen molar-refractivity contribution in [2.45, 2.75) is 19.3 Å². The number of anilines is 1. The zero-order chi connectivity index (χ0) is 20.3. The van der Waals surface area contributed by atoms with Gasteiger partial charge >= 0.3 is 0 Å². The van der Waals surface area contributed by atoms with Gasteiger partial charge in [0.05, 0.1) is 0 Å². The minimum atomic E-state index is 0. The molecule has 2 aliphatic rings. The van der Waals surface area contributed by atoms with Crippen molar-refractivity contribution < 1.29 is 9.47 Å². The van der Waals surface area contributed by atoms with Gasteiger partial charge in [0.1, 0.15) is 13.2 Å². The van der Waals surface area contributed by atoms with E-state index in [4.69, 9.17) is 21.1 Å². The highest BCUT2D eigenvalue weighted by atomic mass is 35.5. The van der Waals surface area contributed by atoms with Crippen LogP contribution in [0.3, 0.4) is 0 Å². The molecule has 1 saturated heterocycles. The van der Waals surface area contributed by atoms with Gasteiger partial charge in [-0.05, 0) is 61.7 Å². The van der Waals surface area contributed by atoms with Crippen LogP contribution >= 0.6 is 24.0 Å². The number of aryl methyl sites for hydroxylation is 1. The number of nitrogens with one attached hydrogen (secondary N) is 1. The van der Waals surface area contributed by atoms with E-state index in [1.807, 2.05) is 12.1 Å². The molecular formula is C24H29Cl2N3O2. The highest BCUT2D eigenvalue weighted by Crippen LogP contribution is 2.34. The molecule has 0 atom stereocenters. The molecule has 0 amide bonds. The molecule has 0 spiro atoms. The van der Waals surface area contributed by atoms with Crippen LogP contribution in [-0.4, -0.2) is 55.8 Å². The van der Waals surface area contributed by atoms with Crippen molar-refractivity contribution in [1.82, 2.24) is 9.88 Å². The zero-order valence-corrected chi connectivity index (χ0v) is 19.2. The van der Waals surface area contributed by atoms with E-state index < -0.39 is 0 Å². The van der Waals surface area contributed by atoms with Crippen LogP contribution in [0.4, 0.5) is 5.69 Å². The number of aromatic amines is 1. The van der Waals surface area contributed by atoms with E-state index in [2.05, 4.69) is 45.2 Å². The van der Waals surface area contributed by atoms with Gasteiger partial charge in [-0.25, -0.2) is 0 Å². The lowest BCUT2D eigenvalue weighted by Gasteiger charge is -2.36. The van der Waals surface area contributed by atoms with Gasteiger partial charge in [-0.2, -0.15) is 0 Å². The van der Waals surface area contributed by atoms with Gasteiger partial charge in [-0.15, -0.1) is 12.4 Å². The molecular weight excluding hydrogens is 433 g/mol. The van der Waals surface area contributed by atoms with Gasteiger partial charge in [0.2, 0.25) is 0 Å². The van der Waals surface area contributed by atoms with Crippen molar-refractivity contribution >= 4 is 40.6 Å². The average molecular weight is 462 g/mol. The van der Waals surface area contributed by atoms with Crippen LogP contribution in [0.5, 0.6) is 11.5 Å². The second-order valence-electron chi connectivity index (χ2n) is 8.12. The monoisotopic (exact) mass is 461 g/mol. The highest BCUT2D eigenvalue weighted by Gasteiger charge is 2.19. The predicted octanol–water partition coefficient (Wildman–Crippen LogP) is 5.16. The number of aromatic nitrogens is 1. The topological polar surface area (TPSA) is 40.7 Å². The van der Waals surface area contributed by atoms with Crippen molar-refractivity contribution in [3.8, 4) is 11.5 Å². The van der Waals surface area contributed by atoms with Gasteiger partial charge in [0.15, 0.2) is 11.5 Å². The Kier molecular flexibility index (Phi) is 7.16. The first-order valence-corrected chi connectivity index (χ1v) is 11.3. The predicted molar refractivity (Wildman–Crippen MR) is 130 cm³/mol. The summed E-state index contributed by atoms with van der Waals surface area (Å²) in [5, 5.41) is 2.06. The van der Waals surface area contributed by atoms with E-state index in [-0.39, 0.29) is 12.4 Å². The Hall–Kier alpha value is -2.08. The zero-order valence-electron chi connectivity index (χ0n) is 17.6. The molecule has 31 heavy (non-hydrogen) atoms. The Bertz CT molecular complexity index is 1020. The smallest absolute Gasteiger partial charge is 0.163 e. The summed E-state index contributed by atoms with van der Waals surface area (Å²) < 4.78 is 11.4. The summed E-state index contributed by atoms with van der Waals surface area (Å²) in [5.41, 5.74) is 3.78. The Morgan fingerprint density at radius 1 is 0.903 bits per heavy atom. The maximum absolute atomic E-state index is 6.16. The Morgan fingerprint density at radius 2 is 1.71 bits per heavy atom. The average Bonchev–Trinajstić information content (AvgIpc) is 3.19. The molecule has 0 unspecified atom stereocenters. The number of ether oxygens (including phenoxy) is 2. The van der Waals surface area contributed by atoms with Crippen LogP contribution in [0.2, 0.25) is 5.02 Å². The van der Waals surface area contributed by atoms with Crippen LogP contribution in [-0.2, 0) is 6.42 Å². The summed E-state index contributed by atoms with van der Waals surface area (Å²) in [5.74, 6) is 1.74. The van der Waals surface area contributed by atoms with Crippen LogP contribution in [0.15, 0.2) is 42.6 Å². The summed E-state index contributed by atoms with van der Waals surface area (Å²) in [7, 11) is 0. The number of benzene rings is 2. The largest absolute Gasteiger partial charge is 0.486 e. The van der Waals surface area contributed by atoms with E-state index in [1.54, 1.807) is 0 Å². The molecule has 2 aliphatic heterocycles. The number of unbranched alkanes of at least 4 members (excludes halogenated alkanes) is 1. The number of rotatable bonds is 6. The first-order valence-electron chi connectivity index (χ1n) is 10.9. The number of H-pyrrole nitrogens is 1. The summed E-state index contributed by atoms with van der Waals surface area (Å²) in [6, 6.07) is 12.4. The molecule has 0 aliphatic carbocycles. The molecule has 7 heteroatoms. The first kappa shape index (κ1) is 22.1. The molecule has 3 heterocycles. The molecule has 1 fully saturated rings. The van der Waals surface area contributed by atoms with Crippen LogP contribution in [0.25, 0.3) is 10.9 Å². The number of nitrogens with zero attached hydrogens (tertiary/aromatic N) is 2. The van der Waals surface area contributed by atoms with E-state index >= 15 is 0 Å². The number of hydrogen-bond acceptors (Lipinski definition) is 4. The van der Waals surface area contributed by atoms with E-state index in [1.165, 1.54) is 35.0 Å². The van der Waals surface area contributed by atoms with Crippen LogP contribution in [0, 0.1) is 0 Å². The van der Waals surface area contributed by atoms with Gasteiger partial charge in [-0.3, -0.25) is 4.90 Å². The van der Waals surface area contributed by atoms with E-state index in [0.717, 1.165) is 55.7 Å². The fourth-order valence-corrected chi connectivity index (χ4v) is 4.64. The maximum Gasteiger partial charge on any atom is 0.163 e. The minimum Gasteiger partial charge on any atom is -0.486 e. The van der Waals surface area contributed by atoms with Gasteiger partial charge in [0.25, 0.3) is 0 Å². The third kappa shape index (κ3) is 5.05. The van der Waals surface area contributed by atoms with E-state index in [9.17, 15) is 0 Å². The molecule has 0 radical (unpaired) electrons. The molecule has 166 valence electrons. The Morgan fingerprint density at radius 3 is 2.55 bits per heavy atom. The lowest BCUT2D eigenvalue weighted by atomic mass is 10.1. The molecule has 5 rings (SSSR count). The second kappa shape index (κ2) is 10.0. The van der Waals surface area contributed by atoms with Crippen molar-refractivity contribution in [3.63, 3.8) is 0 Å². The lowest BCUT2D eigenvalue weighted by Crippen LogP contribution is -2.46. The fraction of sp³-hybridized carbons (Fsp3) is 0.417. The van der Waals surface area contributed by atoms with Crippen molar-refractivity contribution in [1.29, 1.82) is 0 Å². The van der Waals surface area contributed by atoms with Crippen LogP contribution in [0.1, 0.15) is 18.4 Å². The fourth-order valence-electron chi connectivity index (χ4n) is 4.47. The number of piperazine rings is 1. The van der Waals surface area contributed by atoms with Crippen LogP contribution < -0.4 is 14.4 Å². The third-order valence-corrected chi connectivity index (χ3v) is 6.40. The molecule has 1 N–H and O–H groups in total. The van der Waals surface area contributed by atoms with Crippen molar-refractivity contribution in [2.24, 2.45) is 0 Å². The standard InChI is InChI=1S/C24H28ClN3O2.ClH/c25-19-4-6-22-21(15-19)18(17-26-22)3-1-2-8-27-9-11-28(12-10-27)20-5-7-23-24(16-20)30-14-13-29-23;/h4-7,15-17,26H,1-3,8-14H2;1H. The number of halogens is 2. The molecule has 0 saturated carbocycles. The molecule has 5 nitrogen and oxygen atoms in total. The Balaban J connectivity index is 0.00000231. The molecule has 0 bridgehead atoms. The van der Waals surface area contributed by atoms with Gasteiger partial charge in [-0.1, -0.05) is 11.6 Å². The minimum absolute atomic E-state index is 0.